The van der Waals surface area contributed by atoms with Crippen LogP contribution < -0.4 is 0 Å². The molecule has 0 spiro atoms. The number of fused-ring (bicyclic) bond motifs is 5. The van der Waals surface area contributed by atoms with Crippen molar-refractivity contribution in [2.75, 3.05) is 13.9 Å². The average Bonchev–Trinajstić information content (AvgIpc) is 2.97. The number of hydrogen-bond acceptors (Lipinski definition) is 3. The van der Waals surface area contributed by atoms with Gasteiger partial charge < -0.3 is 14.6 Å². The van der Waals surface area contributed by atoms with Crippen LogP contribution in [0.1, 0.15) is 65.7 Å². The van der Waals surface area contributed by atoms with Crippen molar-refractivity contribution in [3.05, 3.63) is 12.2 Å². The molecule has 4 rings (SSSR count). The number of hydrogen-bond donors (Lipinski definition) is 1. The first kappa shape index (κ1) is 19.5. The SMILES string of the molecule is CC#C[C@@]1(O)C=C[C@@]2(C)[C@@H](CC[C@@H]3[C@@H]2CC[C@]2(C)[C@@H](OCOC)CC[C@@H]32)C1. The van der Waals surface area contributed by atoms with Gasteiger partial charge in [0.2, 0.25) is 0 Å². The van der Waals surface area contributed by atoms with Gasteiger partial charge in [-0.05, 0) is 92.4 Å². The molecule has 0 heterocycles. The minimum atomic E-state index is -0.915. The normalized spacial score (nSPS) is 50.9. The van der Waals surface area contributed by atoms with E-state index in [9.17, 15) is 5.11 Å². The third kappa shape index (κ3) is 3.00. The zero-order chi connectivity index (χ0) is 19.3. The molecule has 0 amide bonds. The molecule has 4 aliphatic carbocycles. The summed E-state index contributed by atoms with van der Waals surface area (Å²) in [6, 6.07) is 0. The third-order valence-electron chi connectivity index (χ3n) is 8.88. The van der Waals surface area contributed by atoms with Crippen LogP contribution in [-0.2, 0) is 9.47 Å². The van der Waals surface area contributed by atoms with Crippen LogP contribution in [0.5, 0.6) is 0 Å². The van der Waals surface area contributed by atoms with Crippen molar-refractivity contribution < 1.29 is 14.6 Å². The van der Waals surface area contributed by atoms with Crippen LogP contribution in [0.4, 0.5) is 0 Å². The highest BCUT2D eigenvalue weighted by Crippen LogP contribution is 2.66. The molecule has 0 aromatic heterocycles. The van der Waals surface area contributed by atoms with E-state index in [4.69, 9.17) is 9.47 Å². The summed E-state index contributed by atoms with van der Waals surface area (Å²) in [6.45, 7) is 7.17. The van der Waals surface area contributed by atoms with Crippen LogP contribution in [0.25, 0.3) is 0 Å². The molecule has 4 aliphatic rings. The van der Waals surface area contributed by atoms with Gasteiger partial charge in [-0.15, -0.1) is 5.92 Å². The number of aliphatic hydroxyl groups is 1. The van der Waals surface area contributed by atoms with Crippen molar-refractivity contribution in [2.24, 2.45) is 34.5 Å². The van der Waals surface area contributed by atoms with Crippen LogP contribution in [-0.4, -0.2) is 30.7 Å². The molecule has 1 N–H and O–H groups in total. The maximum absolute atomic E-state index is 10.8. The first-order chi connectivity index (χ1) is 12.9. The molecule has 8 atom stereocenters. The minimum Gasteiger partial charge on any atom is -0.374 e. The van der Waals surface area contributed by atoms with Crippen molar-refractivity contribution in [3.63, 3.8) is 0 Å². The summed E-state index contributed by atoms with van der Waals surface area (Å²) in [5.41, 5.74) is -0.408. The summed E-state index contributed by atoms with van der Waals surface area (Å²) in [4.78, 5) is 0. The monoisotopic (exact) mass is 372 g/mol. The van der Waals surface area contributed by atoms with Crippen molar-refractivity contribution in [2.45, 2.75) is 77.4 Å². The molecule has 0 aliphatic heterocycles. The minimum absolute atomic E-state index is 0.206. The maximum atomic E-state index is 10.8. The second-order valence-corrected chi connectivity index (χ2v) is 10.0. The molecule has 0 radical (unpaired) electrons. The van der Waals surface area contributed by atoms with Gasteiger partial charge in [0.1, 0.15) is 12.4 Å². The Kier molecular flexibility index (Phi) is 4.98. The van der Waals surface area contributed by atoms with Crippen molar-refractivity contribution in [3.8, 4) is 11.8 Å². The second kappa shape index (κ2) is 6.90. The van der Waals surface area contributed by atoms with Gasteiger partial charge in [-0.1, -0.05) is 25.8 Å². The molecule has 3 fully saturated rings. The lowest BCUT2D eigenvalue weighted by atomic mass is 9.46. The van der Waals surface area contributed by atoms with Gasteiger partial charge in [0.05, 0.1) is 6.10 Å². The number of ether oxygens (including phenoxy) is 2. The summed E-state index contributed by atoms with van der Waals surface area (Å²) in [5, 5.41) is 10.8. The van der Waals surface area contributed by atoms with E-state index in [0.717, 1.165) is 24.2 Å². The Morgan fingerprint density at radius 2 is 1.89 bits per heavy atom. The molecule has 0 aromatic carbocycles. The lowest BCUT2D eigenvalue weighted by Crippen LogP contribution is -2.54. The molecular weight excluding hydrogens is 336 g/mol. The molecular formula is C24H36O3. The molecule has 3 saturated carbocycles. The first-order valence-electron chi connectivity index (χ1n) is 10.8. The van der Waals surface area contributed by atoms with Gasteiger partial charge in [0.15, 0.2) is 0 Å². The second-order valence-electron chi connectivity index (χ2n) is 10.0. The Labute approximate surface area is 164 Å². The molecule has 150 valence electrons. The van der Waals surface area contributed by atoms with Crippen LogP contribution in [0, 0.1) is 46.3 Å². The topological polar surface area (TPSA) is 38.7 Å². The molecule has 0 saturated heterocycles. The summed E-state index contributed by atoms with van der Waals surface area (Å²) in [6.07, 6.45) is 13.0. The van der Waals surface area contributed by atoms with E-state index in [1.165, 1.54) is 38.5 Å². The molecule has 27 heavy (non-hydrogen) atoms. The van der Waals surface area contributed by atoms with Gasteiger partial charge in [-0.25, -0.2) is 0 Å². The predicted molar refractivity (Wildman–Crippen MR) is 107 cm³/mol. The Morgan fingerprint density at radius 3 is 2.63 bits per heavy atom. The van der Waals surface area contributed by atoms with Crippen molar-refractivity contribution in [1.29, 1.82) is 0 Å². The van der Waals surface area contributed by atoms with Crippen molar-refractivity contribution in [1.82, 2.24) is 0 Å². The Hall–Kier alpha value is -0.820. The van der Waals surface area contributed by atoms with E-state index in [0.29, 0.717) is 24.2 Å². The first-order valence-corrected chi connectivity index (χ1v) is 10.8. The Morgan fingerprint density at radius 1 is 1.07 bits per heavy atom. The zero-order valence-electron chi connectivity index (χ0n) is 17.5. The van der Waals surface area contributed by atoms with Gasteiger partial charge in [-0.3, -0.25) is 0 Å². The Balaban J connectivity index is 1.58. The smallest absolute Gasteiger partial charge is 0.146 e. The summed E-state index contributed by atoms with van der Waals surface area (Å²) in [7, 11) is 1.72. The van der Waals surface area contributed by atoms with Gasteiger partial charge in [-0.2, -0.15) is 0 Å². The fourth-order valence-corrected chi connectivity index (χ4v) is 7.50. The van der Waals surface area contributed by atoms with Crippen molar-refractivity contribution >= 4 is 0 Å². The largest absolute Gasteiger partial charge is 0.374 e. The third-order valence-corrected chi connectivity index (χ3v) is 8.88. The maximum Gasteiger partial charge on any atom is 0.146 e. The van der Waals surface area contributed by atoms with E-state index < -0.39 is 5.60 Å². The molecule has 3 heteroatoms. The Bertz CT molecular complexity index is 660. The fraction of sp³-hybridized carbons (Fsp3) is 0.833. The number of methoxy groups -OCH3 is 1. The molecule has 0 bridgehead atoms. The molecule has 3 nitrogen and oxygen atoms in total. The average molecular weight is 373 g/mol. The molecule has 0 unspecified atom stereocenters. The highest BCUT2D eigenvalue weighted by atomic mass is 16.7. The fourth-order valence-electron chi connectivity index (χ4n) is 7.50. The highest BCUT2D eigenvalue weighted by molar-refractivity contribution is 5.29. The van der Waals surface area contributed by atoms with Crippen LogP contribution >= 0.6 is 0 Å². The standard InChI is InChI=1S/C24H36O3/c1-5-11-24(25)14-13-22(2)17(15-24)6-7-18-19-8-9-21(27-16-26-4)23(19,3)12-10-20(18)22/h13-14,17-21,25H,6-10,12,15-16H2,1-4H3/t17-,18-,19-,20-,21-,22-,23-,24+/m0/s1. The number of rotatable bonds is 3. The number of allylic oxidation sites excluding steroid dienone is 1. The lowest BCUT2D eigenvalue weighted by molar-refractivity contribution is -0.145. The van der Waals surface area contributed by atoms with E-state index in [1.807, 2.05) is 13.0 Å². The van der Waals surface area contributed by atoms with Gasteiger partial charge in [0, 0.05) is 7.11 Å². The van der Waals surface area contributed by atoms with Gasteiger partial charge >= 0.3 is 0 Å². The summed E-state index contributed by atoms with van der Waals surface area (Å²) >= 11 is 0. The van der Waals surface area contributed by atoms with E-state index in [2.05, 4.69) is 31.8 Å². The predicted octanol–water partition coefficient (Wildman–Crippen LogP) is 4.55. The van der Waals surface area contributed by atoms with E-state index in [-0.39, 0.29) is 5.41 Å². The molecule has 0 aromatic rings. The van der Waals surface area contributed by atoms with Crippen LogP contribution in [0.15, 0.2) is 12.2 Å². The summed E-state index contributed by atoms with van der Waals surface area (Å²) < 4.78 is 11.3. The van der Waals surface area contributed by atoms with E-state index in [1.54, 1.807) is 7.11 Å². The van der Waals surface area contributed by atoms with Gasteiger partial charge in [0.25, 0.3) is 0 Å². The van der Waals surface area contributed by atoms with Crippen LogP contribution in [0.2, 0.25) is 0 Å². The highest BCUT2D eigenvalue weighted by Gasteiger charge is 2.60. The lowest BCUT2D eigenvalue weighted by Gasteiger charge is -2.59. The zero-order valence-corrected chi connectivity index (χ0v) is 17.5. The quantitative estimate of drug-likeness (QED) is 0.449. The summed E-state index contributed by atoms with van der Waals surface area (Å²) in [5.74, 6) is 8.79. The van der Waals surface area contributed by atoms with E-state index >= 15 is 0 Å². The van der Waals surface area contributed by atoms with Crippen LogP contribution in [0.3, 0.4) is 0 Å².